The lowest BCUT2D eigenvalue weighted by molar-refractivity contribution is -0.116. The second kappa shape index (κ2) is 8.29. The van der Waals surface area contributed by atoms with E-state index < -0.39 is 5.97 Å². The zero-order chi connectivity index (χ0) is 19.3. The van der Waals surface area contributed by atoms with Crippen LogP contribution in [0.15, 0.2) is 42.5 Å². The average molecular weight is 354 g/mol. The van der Waals surface area contributed by atoms with Crippen molar-refractivity contribution >= 4 is 23.5 Å². The lowest BCUT2D eigenvalue weighted by Crippen LogP contribution is -2.23. The maximum Gasteiger partial charge on any atom is 0.335 e. The minimum Gasteiger partial charge on any atom is -0.478 e. The standard InChI is InChI=1S/C20H22N2O4/c1-13-8-10-15(12-17(13)19(24)22(2)3)21-18(23)11-9-14-6-4-5-7-16(14)20(25)26/h4-8,10,12H,9,11H2,1-3H3,(H,21,23)(H,25,26). The molecular weight excluding hydrogens is 332 g/mol. The molecule has 0 aromatic heterocycles. The van der Waals surface area contributed by atoms with Crippen LogP contribution in [-0.4, -0.2) is 41.9 Å². The second-order valence-corrected chi connectivity index (χ2v) is 6.24. The number of carbonyl (C=O) groups excluding carboxylic acids is 2. The molecule has 0 bridgehead atoms. The second-order valence-electron chi connectivity index (χ2n) is 6.24. The monoisotopic (exact) mass is 354 g/mol. The summed E-state index contributed by atoms with van der Waals surface area (Å²) in [6.45, 7) is 1.84. The highest BCUT2D eigenvalue weighted by atomic mass is 16.4. The molecule has 0 heterocycles. The first kappa shape index (κ1) is 19.2. The molecule has 6 heteroatoms. The van der Waals surface area contributed by atoms with Crippen molar-refractivity contribution in [3.8, 4) is 0 Å². The Morgan fingerprint density at radius 1 is 1.04 bits per heavy atom. The molecule has 0 aliphatic heterocycles. The molecule has 2 amide bonds. The summed E-state index contributed by atoms with van der Waals surface area (Å²) in [6.07, 6.45) is 0.471. The van der Waals surface area contributed by atoms with Gasteiger partial charge < -0.3 is 15.3 Å². The summed E-state index contributed by atoms with van der Waals surface area (Å²) in [7, 11) is 3.35. The van der Waals surface area contributed by atoms with Crippen LogP contribution in [0.25, 0.3) is 0 Å². The van der Waals surface area contributed by atoms with Gasteiger partial charge in [0.25, 0.3) is 5.91 Å². The lowest BCUT2D eigenvalue weighted by atomic mass is 10.0. The van der Waals surface area contributed by atoms with Crippen LogP contribution >= 0.6 is 0 Å². The minimum absolute atomic E-state index is 0.131. The number of aromatic carboxylic acids is 1. The molecule has 0 saturated carbocycles. The summed E-state index contributed by atoms with van der Waals surface area (Å²) in [5, 5.41) is 11.9. The molecule has 0 radical (unpaired) electrons. The molecule has 0 unspecified atom stereocenters. The number of benzene rings is 2. The Bertz CT molecular complexity index is 843. The number of carboxylic acids is 1. The van der Waals surface area contributed by atoms with E-state index in [4.69, 9.17) is 0 Å². The van der Waals surface area contributed by atoms with E-state index in [1.54, 1.807) is 50.5 Å². The third-order valence-corrected chi connectivity index (χ3v) is 4.03. The molecule has 0 aliphatic carbocycles. The highest BCUT2D eigenvalue weighted by Crippen LogP contribution is 2.18. The van der Waals surface area contributed by atoms with E-state index in [-0.39, 0.29) is 23.8 Å². The number of hydrogen-bond acceptors (Lipinski definition) is 3. The molecule has 2 aromatic rings. The van der Waals surface area contributed by atoms with Crippen LogP contribution in [0.1, 0.15) is 38.3 Å². The third kappa shape index (κ3) is 4.69. The summed E-state index contributed by atoms with van der Waals surface area (Å²) >= 11 is 0. The smallest absolute Gasteiger partial charge is 0.335 e. The Kier molecular flexibility index (Phi) is 6.11. The number of carboxylic acid groups (broad SMARTS) is 1. The molecule has 6 nitrogen and oxygen atoms in total. The van der Waals surface area contributed by atoms with Gasteiger partial charge in [0.1, 0.15) is 0 Å². The van der Waals surface area contributed by atoms with E-state index in [0.717, 1.165) is 5.56 Å². The summed E-state index contributed by atoms with van der Waals surface area (Å²) < 4.78 is 0. The van der Waals surface area contributed by atoms with Crippen LogP contribution in [-0.2, 0) is 11.2 Å². The van der Waals surface area contributed by atoms with Crippen LogP contribution < -0.4 is 5.32 Å². The average Bonchev–Trinajstić information content (AvgIpc) is 2.61. The van der Waals surface area contributed by atoms with Crippen molar-refractivity contribution in [1.82, 2.24) is 4.90 Å². The molecule has 0 saturated heterocycles. The number of rotatable bonds is 6. The third-order valence-electron chi connectivity index (χ3n) is 4.03. The molecule has 0 spiro atoms. The number of hydrogen-bond donors (Lipinski definition) is 2. The highest BCUT2D eigenvalue weighted by molar-refractivity contribution is 5.98. The van der Waals surface area contributed by atoms with E-state index in [9.17, 15) is 19.5 Å². The minimum atomic E-state index is -1.01. The molecule has 136 valence electrons. The predicted octanol–water partition coefficient (Wildman–Crippen LogP) is 2.97. The quantitative estimate of drug-likeness (QED) is 0.835. The largest absolute Gasteiger partial charge is 0.478 e. The molecule has 2 N–H and O–H groups in total. The van der Waals surface area contributed by atoms with Gasteiger partial charge in [0.05, 0.1) is 5.56 Å². The van der Waals surface area contributed by atoms with E-state index >= 15 is 0 Å². The van der Waals surface area contributed by atoms with Gasteiger partial charge in [-0.15, -0.1) is 0 Å². The van der Waals surface area contributed by atoms with Crippen LogP contribution in [0.2, 0.25) is 0 Å². The van der Waals surface area contributed by atoms with E-state index in [0.29, 0.717) is 23.2 Å². The van der Waals surface area contributed by atoms with Gasteiger partial charge in [-0.2, -0.15) is 0 Å². The van der Waals surface area contributed by atoms with Crippen LogP contribution in [0, 0.1) is 6.92 Å². The number of anilines is 1. The summed E-state index contributed by atoms with van der Waals surface area (Å²) in [4.78, 5) is 37.1. The Morgan fingerprint density at radius 2 is 1.73 bits per heavy atom. The van der Waals surface area contributed by atoms with Gasteiger partial charge in [-0.3, -0.25) is 9.59 Å². The van der Waals surface area contributed by atoms with Gasteiger partial charge in [-0.1, -0.05) is 24.3 Å². The van der Waals surface area contributed by atoms with Gasteiger partial charge >= 0.3 is 5.97 Å². The zero-order valence-electron chi connectivity index (χ0n) is 15.1. The Morgan fingerprint density at radius 3 is 2.38 bits per heavy atom. The highest BCUT2D eigenvalue weighted by Gasteiger charge is 2.14. The molecule has 26 heavy (non-hydrogen) atoms. The van der Waals surface area contributed by atoms with E-state index in [1.807, 2.05) is 6.92 Å². The zero-order valence-corrected chi connectivity index (χ0v) is 15.1. The van der Waals surface area contributed by atoms with Crippen LogP contribution in [0.3, 0.4) is 0 Å². The van der Waals surface area contributed by atoms with Crippen molar-refractivity contribution in [2.24, 2.45) is 0 Å². The van der Waals surface area contributed by atoms with Gasteiger partial charge in [-0.05, 0) is 42.7 Å². The first-order valence-corrected chi connectivity index (χ1v) is 8.23. The first-order valence-electron chi connectivity index (χ1n) is 8.23. The fourth-order valence-corrected chi connectivity index (χ4v) is 2.59. The predicted molar refractivity (Wildman–Crippen MR) is 99.5 cm³/mol. The maximum atomic E-state index is 12.2. The summed E-state index contributed by atoms with van der Waals surface area (Å²) in [5.41, 5.74) is 2.72. The van der Waals surface area contributed by atoms with Gasteiger partial charge in [-0.25, -0.2) is 4.79 Å². The van der Waals surface area contributed by atoms with Crippen molar-refractivity contribution in [2.45, 2.75) is 19.8 Å². The van der Waals surface area contributed by atoms with Crippen LogP contribution in [0.5, 0.6) is 0 Å². The normalized spacial score (nSPS) is 10.3. The maximum absolute atomic E-state index is 12.2. The Hall–Kier alpha value is -3.15. The van der Waals surface area contributed by atoms with Crippen LogP contribution in [0.4, 0.5) is 5.69 Å². The Labute approximate surface area is 152 Å². The van der Waals surface area contributed by atoms with Gasteiger partial charge in [0, 0.05) is 31.8 Å². The SMILES string of the molecule is Cc1ccc(NC(=O)CCc2ccccc2C(=O)O)cc1C(=O)N(C)C. The number of aryl methyl sites for hydroxylation is 2. The van der Waals surface area contributed by atoms with Gasteiger partial charge in [0.15, 0.2) is 0 Å². The van der Waals surface area contributed by atoms with E-state index in [2.05, 4.69) is 5.32 Å². The fraction of sp³-hybridized carbons (Fsp3) is 0.250. The molecular formula is C20H22N2O4. The lowest BCUT2D eigenvalue weighted by Gasteiger charge is -2.14. The van der Waals surface area contributed by atoms with Crippen molar-refractivity contribution in [3.63, 3.8) is 0 Å². The fourth-order valence-electron chi connectivity index (χ4n) is 2.59. The Balaban J connectivity index is 2.06. The number of nitrogens with zero attached hydrogens (tertiary/aromatic N) is 1. The summed E-state index contributed by atoms with van der Waals surface area (Å²) in [5.74, 6) is -1.38. The number of amides is 2. The topological polar surface area (TPSA) is 86.7 Å². The molecule has 2 aromatic carbocycles. The first-order chi connectivity index (χ1) is 12.3. The number of carbonyl (C=O) groups is 3. The van der Waals surface area contributed by atoms with Crippen molar-refractivity contribution in [2.75, 3.05) is 19.4 Å². The molecule has 0 aliphatic rings. The molecule has 0 atom stereocenters. The summed E-state index contributed by atoms with van der Waals surface area (Å²) in [6, 6.07) is 11.8. The van der Waals surface area contributed by atoms with Crippen molar-refractivity contribution in [1.29, 1.82) is 0 Å². The van der Waals surface area contributed by atoms with Crippen molar-refractivity contribution in [3.05, 3.63) is 64.7 Å². The van der Waals surface area contributed by atoms with E-state index in [1.165, 1.54) is 11.0 Å². The molecule has 2 rings (SSSR count). The molecule has 0 fully saturated rings. The number of nitrogens with one attached hydrogen (secondary N) is 1. The van der Waals surface area contributed by atoms with Gasteiger partial charge in [0.2, 0.25) is 5.91 Å². The van der Waals surface area contributed by atoms with Crippen molar-refractivity contribution < 1.29 is 19.5 Å².